The summed E-state index contributed by atoms with van der Waals surface area (Å²) in [6.45, 7) is -0.956. The second kappa shape index (κ2) is 55.5. The Bertz CT molecular complexity index is 3470. The SMILES string of the molecule is CC(=O)NCSC[C@H](NC(=O)CNC(=O)CNC(=O)[C@H]1CSCC(=O)N[C@@H](Cc2ccc(O)cc2)C(=O)N[C@H](CSCCCN)C(=O)NCC(=O)N[C@H](CC(=O)O)C(=O)N1)C(=O)NCC(=O)N[C@@H](CSCNC(C)=O)C(=O)NCC(=O)NCC(=O)N[C@@H](CSC1CCNC(=O)CNCCNC(=O)CNCCNC(=O)C1)C(N)=O. The number of phenols is 1. The Labute approximate surface area is 670 Å². The molecule has 1 aromatic carbocycles. The van der Waals surface area contributed by atoms with E-state index in [9.17, 15) is 106 Å². The van der Waals surface area contributed by atoms with Crippen LogP contribution in [0.25, 0.3) is 0 Å². The number of carboxylic acids is 1. The highest BCUT2D eigenvalue weighted by atomic mass is 32.2. The van der Waals surface area contributed by atoms with Gasteiger partial charge in [0.15, 0.2) is 0 Å². The Hall–Kier alpha value is -9.95. The van der Waals surface area contributed by atoms with Gasteiger partial charge in [0.1, 0.15) is 48.0 Å². The quantitative estimate of drug-likeness (QED) is 0.0217. The number of aromatic hydroxyl groups is 1. The van der Waals surface area contributed by atoms with Crippen LogP contribution < -0.4 is 118 Å². The summed E-state index contributed by atoms with van der Waals surface area (Å²) in [4.78, 5) is 260. The highest BCUT2D eigenvalue weighted by molar-refractivity contribution is 8.00. The third-order valence-corrected chi connectivity index (χ3v) is 20.5. The molecule has 0 bridgehead atoms. The van der Waals surface area contributed by atoms with Gasteiger partial charge in [0.05, 0.1) is 76.3 Å². The van der Waals surface area contributed by atoms with Crippen LogP contribution in [0, 0.1) is 0 Å². The molecule has 2 aliphatic heterocycles. The molecule has 1 unspecified atom stereocenters. The van der Waals surface area contributed by atoms with Crippen molar-refractivity contribution < 1.29 is 106 Å². The average molecular weight is 1690 g/mol. The maximum absolute atomic E-state index is 13.9. The number of nitrogens with one attached hydrogen (secondary N) is 20. The number of thioether (sulfide) groups is 5. The van der Waals surface area contributed by atoms with Gasteiger partial charge in [-0.1, -0.05) is 12.1 Å². The number of phenolic OH excluding ortho intramolecular Hbond substituents is 1. The van der Waals surface area contributed by atoms with E-state index in [-0.39, 0.29) is 117 Å². The Kier molecular flexibility index (Phi) is 47.7. The number of amides is 19. The molecule has 44 nitrogen and oxygen atoms in total. The Morgan fingerprint density at radius 2 is 1.04 bits per heavy atom. The smallest absolute Gasteiger partial charge is 0.305 e. The zero-order chi connectivity index (χ0) is 83.6. The first-order valence-corrected chi connectivity index (χ1v) is 40.8. The molecule has 0 aromatic heterocycles. The molecule has 2 fully saturated rings. The molecular weight excluding hydrogens is 1590 g/mol. The summed E-state index contributed by atoms with van der Waals surface area (Å²) in [5, 5.41) is 68.6. The van der Waals surface area contributed by atoms with Gasteiger partial charge in [-0.25, -0.2) is 0 Å². The van der Waals surface area contributed by atoms with Crippen LogP contribution in [0.3, 0.4) is 0 Å². The fourth-order valence-electron chi connectivity index (χ4n) is 9.35. The predicted octanol–water partition coefficient (Wildman–Crippen LogP) is -12.1. The van der Waals surface area contributed by atoms with Gasteiger partial charge >= 0.3 is 5.97 Å². The zero-order valence-electron chi connectivity index (χ0n) is 62.0. The van der Waals surface area contributed by atoms with Gasteiger partial charge in [0.25, 0.3) is 0 Å². The molecule has 113 heavy (non-hydrogen) atoms. The Balaban J connectivity index is 1.65. The van der Waals surface area contributed by atoms with Gasteiger partial charge in [-0.05, 0) is 42.8 Å². The monoisotopic (exact) mass is 1690 g/mol. The third-order valence-electron chi connectivity index (χ3n) is 15.1. The summed E-state index contributed by atoms with van der Waals surface area (Å²) in [5.74, 6) is -18.3. The standard InChI is InChI=1S/C64H100N22O22S5/c1-35(87)78-33-111-29-43(59(103)74-21-50(93)72-23-52(95)82-42(58(66)102)31-113-39-8-10-69-48(91)19-68-12-14-71-49(92)20-67-11-13-70-47(90)17-39)84-55(98)26-76-60(104)44(30-112-34-79-36(2)88)83-53(96)24-73-51(94)22-75-62(106)46-28-110-32-56(99)81-40(16-37-4-6-38(89)7-5-37)63(107)85-45(27-109-15-3-9-65)61(105)77-25-54(97)80-41(18-57(100)101)64(108)86-46/h4-7,39-46,67-68,89H,3,8-34,65H2,1-2H3,(H2,66,102)(H,69,91)(H,70,90)(H,71,92)(H,72,93)(H,73,94)(H,74,103)(H,75,106)(H,76,104)(H,77,105)(H,78,87)(H,79,88)(H,80,97)(H,81,99)(H,82,95)(H,83,96)(H,84,98)(H,85,107)(H,86,108)(H,100,101)/t39?,40-,41+,42-,43-,44-,45+,46+/m0/s1. The lowest BCUT2D eigenvalue weighted by Gasteiger charge is -2.25. The molecule has 0 saturated carbocycles. The van der Waals surface area contributed by atoms with Crippen LogP contribution in [0.5, 0.6) is 5.75 Å². The number of carbonyl (C=O) groups excluding carboxylic acids is 19. The number of nitrogens with two attached hydrogens (primary N) is 2. The third kappa shape index (κ3) is 44.8. The van der Waals surface area contributed by atoms with Gasteiger partial charge in [0.2, 0.25) is 112 Å². The highest BCUT2D eigenvalue weighted by Gasteiger charge is 2.33. The van der Waals surface area contributed by atoms with E-state index in [2.05, 4.69) is 106 Å². The molecule has 19 amide bonds. The molecule has 2 saturated heterocycles. The van der Waals surface area contributed by atoms with Gasteiger partial charge in [-0.15, -0.1) is 35.3 Å². The van der Waals surface area contributed by atoms with Crippen LogP contribution in [0.2, 0.25) is 0 Å². The summed E-state index contributed by atoms with van der Waals surface area (Å²) >= 11 is 5.02. The number of benzene rings is 1. The maximum Gasteiger partial charge on any atom is 0.305 e. The van der Waals surface area contributed by atoms with Crippen molar-refractivity contribution in [2.75, 3.05) is 144 Å². The largest absolute Gasteiger partial charge is 0.508 e. The first-order valence-electron chi connectivity index (χ1n) is 35.1. The van der Waals surface area contributed by atoms with Crippen LogP contribution in [0.15, 0.2) is 24.3 Å². The average Bonchev–Trinajstić information content (AvgIpc) is 0.865. The summed E-state index contributed by atoms with van der Waals surface area (Å²) in [7, 11) is 0. The molecule has 0 aliphatic carbocycles. The van der Waals surface area contributed by atoms with Crippen LogP contribution >= 0.6 is 58.8 Å². The normalized spacial score (nSPS) is 18.9. The van der Waals surface area contributed by atoms with Crippen LogP contribution in [-0.2, 0) is 102 Å². The number of hydrogen-bond donors (Lipinski definition) is 24. The first kappa shape index (κ1) is 97.2. The van der Waals surface area contributed by atoms with Crippen molar-refractivity contribution in [3.63, 3.8) is 0 Å². The fraction of sp³-hybridized carbons (Fsp3) is 0.594. The summed E-state index contributed by atoms with van der Waals surface area (Å²) in [6.07, 6.45) is -0.418. The second-order valence-electron chi connectivity index (χ2n) is 24.6. The summed E-state index contributed by atoms with van der Waals surface area (Å²) in [6, 6.07) is -4.76. The number of primary amides is 1. The lowest BCUT2D eigenvalue weighted by Crippen LogP contribution is -2.58. The van der Waals surface area contributed by atoms with Gasteiger partial charge < -0.3 is 128 Å². The molecule has 2 heterocycles. The molecule has 3 rings (SSSR count). The van der Waals surface area contributed by atoms with Gasteiger partial charge in [-0.2, -0.15) is 23.5 Å². The molecule has 0 radical (unpaired) electrons. The molecule has 628 valence electrons. The molecule has 1 aromatic rings. The van der Waals surface area contributed by atoms with Crippen molar-refractivity contribution in [2.45, 2.75) is 93.5 Å². The molecule has 26 N–H and O–H groups in total. The number of hydrogen-bond acceptors (Lipinski definition) is 29. The van der Waals surface area contributed by atoms with E-state index in [1.807, 2.05) is 0 Å². The maximum atomic E-state index is 13.9. The lowest BCUT2D eigenvalue weighted by atomic mass is 10.0. The van der Waals surface area contributed by atoms with Gasteiger partial charge in [-0.3, -0.25) is 95.9 Å². The van der Waals surface area contributed by atoms with E-state index in [0.717, 1.165) is 47.0 Å². The van der Waals surface area contributed by atoms with Crippen molar-refractivity contribution in [1.82, 2.24) is 106 Å². The van der Waals surface area contributed by atoms with E-state index >= 15 is 0 Å². The Morgan fingerprint density at radius 1 is 0.531 bits per heavy atom. The Morgan fingerprint density at radius 3 is 1.59 bits per heavy atom. The van der Waals surface area contributed by atoms with Crippen molar-refractivity contribution in [3.8, 4) is 5.75 Å². The number of carbonyl (C=O) groups is 20. The molecular formula is C64H100N22O22S5. The van der Waals surface area contributed by atoms with Crippen LogP contribution in [0.4, 0.5) is 0 Å². The van der Waals surface area contributed by atoms with E-state index in [4.69, 9.17) is 11.5 Å². The molecule has 8 atom stereocenters. The molecule has 49 heteroatoms. The van der Waals surface area contributed by atoms with E-state index in [1.54, 1.807) is 0 Å². The van der Waals surface area contributed by atoms with Gasteiger partial charge in [0, 0.05) is 93.4 Å². The summed E-state index contributed by atoms with van der Waals surface area (Å²) in [5.41, 5.74) is 11.7. The fourth-order valence-corrected chi connectivity index (χ4v) is 14.3. The zero-order valence-corrected chi connectivity index (χ0v) is 66.1. The minimum Gasteiger partial charge on any atom is -0.508 e. The van der Waals surface area contributed by atoms with Crippen molar-refractivity contribution >= 4 is 177 Å². The summed E-state index contributed by atoms with van der Waals surface area (Å²) < 4.78 is 0. The number of aliphatic carboxylic acids is 1. The van der Waals surface area contributed by atoms with Crippen molar-refractivity contribution in [1.29, 1.82) is 0 Å². The van der Waals surface area contributed by atoms with E-state index < -0.39 is 205 Å². The number of rotatable bonds is 37. The van der Waals surface area contributed by atoms with Crippen LogP contribution in [0.1, 0.15) is 45.1 Å². The minimum atomic E-state index is -1.87. The highest BCUT2D eigenvalue weighted by Crippen LogP contribution is 2.20. The van der Waals surface area contributed by atoms with E-state index in [1.165, 1.54) is 49.9 Å². The lowest BCUT2D eigenvalue weighted by molar-refractivity contribution is -0.141. The second-order valence-corrected chi connectivity index (χ2v) is 30.2. The van der Waals surface area contributed by atoms with Crippen molar-refractivity contribution in [2.24, 2.45) is 11.5 Å². The minimum absolute atomic E-state index is 0.000361. The predicted molar refractivity (Wildman–Crippen MR) is 416 cm³/mol. The molecule has 0 spiro atoms. The number of carboxylic acid groups (broad SMARTS) is 1. The molecule has 2 aliphatic rings. The van der Waals surface area contributed by atoms with Crippen LogP contribution in [-0.4, -0.2) is 320 Å². The first-order chi connectivity index (χ1) is 53.8. The van der Waals surface area contributed by atoms with E-state index in [0.29, 0.717) is 30.8 Å². The topological polar surface area (TPSA) is 674 Å². The van der Waals surface area contributed by atoms with Crippen molar-refractivity contribution in [3.05, 3.63) is 29.8 Å².